The van der Waals surface area contributed by atoms with Crippen molar-refractivity contribution in [1.82, 2.24) is 5.32 Å². The van der Waals surface area contributed by atoms with Crippen molar-refractivity contribution in [2.45, 2.75) is 45.1 Å². The number of nitrogens with one attached hydrogen (secondary N) is 1. The molecule has 0 saturated heterocycles. The highest BCUT2D eigenvalue weighted by Crippen LogP contribution is 2.03. The second kappa shape index (κ2) is 8.03. The van der Waals surface area contributed by atoms with Crippen molar-refractivity contribution in [3.8, 4) is 0 Å². The van der Waals surface area contributed by atoms with Crippen LogP contribution in [0.1, 0.15) is 39.0 Å². The Morgan fingerprint density at radius 3 is 2.67 bits per heavy atom. The quantitative estimate of drug-likeness (QED) is 0.603. The number of carbonyl (C=O) groups is 2. The minimum absolute atomic E-state index is 0.00628. The molecule has 0 rings (SSSR count). The van der Waals surface area contributed by atoms with Gasteiger partial charge in [0.15, 0.2) is 0 Å². The first-order valence-electron chi connectivity index (χ1n) is 5.22. The Kier molecular flexibility index (Phi) is 7.32. The molecule has 0 aromatic heterocycles. The molecule has 0 aliphatic heterocycles. The lowest BCUT2D eigenvalue weighted by molar-refractivity contribution is -0.137. The highest BCUT2D eigenvalue weighted by Gasteiger charge is 2.14. The molecule has 0 aromatic rings. The summed E-state index contributed by atoms with van der Waals surface area (Å²) >= 11 is 0. The maximum atomic E-state index is 11.3. The molecule has 0 heterocycles. The largest absolute Gasteiger partial charge is 0.481 e. The van der Waals surface area contributed by atoms with Crippen LogP contribution >= 0.6 is 0 Å². The molecule has 0 aromatic carbocycles. The third-order valence-corrected chi connectivity index (χ3v) is 2.00. The molecular weight excluding hydrogens is 194 g/mol. The zero-order valence-corrected chi connectivity index (χ0v) is 9.16. The number of carbonyl (C=O) groups excluding carboxylic acids is 1. The van der Waals surface area contributed by atoms with E-state index in [0.717, 1.165) is 6.42 Å². The smallest absolute Gasteiger partial charge is 0.305 e. The Labute approximate surface area is 90.4 Å². The first-order chi connectivity index (χ1) is 7.10. The molecule has 0 radical (unpaired) electrons. The van der Waals surface area contributed by atoms with Gasteiger partial charge in [0.05, 0.1) is 6.42 Å². The van der Waals surface area contributed by atoms with Crippen LogP contribution in [0.3, 0.4) is 0 Å². The minimum atomic E-state index is -0.877. The molecule has 0 bridgehead atoms. The maximum absolute atomic E-state index is 11.3. The van der Waals surface area contributed by atoms with Crippen LogP contribution in [0.15, 0.2) is 12.7 Å². The number of amides is 1. The number of allylic oxidation sites excluding steroid dienone is 1. The lowest BCUT2D eigenvalue weighted by Gasteiger charge is -2.15. The third-order valence-electron chi connectivity index (χ3n) is 2.00. The summed E-state index contributed by atoms with van der Waals surface area (Å²) in [7, 11) is 0. The van der Waals surface area contributed by atoms with Crippen molar-refractivity contribution in [3.63, 3.8) is 0 Å². The zero-order chi connectivity index (χ0) is 11.7. The topological polar surface area (TPSA) is 66.4 Å². The molecule has 2 N–H and O–H groups in total. The van der Waals surface area contributed by atoms with Gasteiger partial charge in [-0.25, -0.2) is 0 Å². The fourth-order valence-electron chi connectivity index (χ4n) is 1.32. The van der Waals surface area contributed by atoms with Gasteiger partial charge < -0.3 is 10.4 Å². The molecule has 86 valence electrons. The number of carboxylic acid groups (broad SMARTS) is 1. The molecule has 1 amide bonds. The summed E-state index contributed by atoms with van der Waals surface area (Å²) in [5.41, 5.74) is 0. The van der Waals surface area contributed by atoms with E-state index in [9.17, 15) is 9.59 Å². The molecule has 1 unspecified atom stereocenters. The molecule has 0 saturated carbocycles. The van der Waals surface area contributed by atoms with Gasteiger partial charge in [0.25, 0.3) is 0 Å². The number of rotatable bonds is 8. The second-order valence-electron chi connectivity index (χ2n) is 3.48. The van der Waals surface area contributed by atoms with Crippen LogP contribution < -0.4 is 5.32 Å². The second-order valence-corrected chi connectivity index (χ2v) is 3.48. The van der Waals surface area contributed by atoms with E-state index in [-0.39, 0.29) is 18.4 Å². The standard InChI is InChI=1S/C11H19NO3/c1-3-5-7-10(13)12-9(6-4-2)8-11(14)15/h3,9H,1,4-8H2,2H3,(H,12,13)(H,14,15). The van der Waals surface area contributed by atoms with Crippen LogP contribution in [0.4, 0.5) is 0 Å². The fraction of sp³-hybridized carbons (Fsp3) is 0.636. The lowest BCUT2D eigenvalue weighted by Crippen LogP contribution is -2.36. The van der Waals surface area contributed by atoms with E-state index < -0.39 is 5.97 Å². The molecule has 15 heavy (non-hydrogen) atoms. The summed E-state index contributed by atoms with van der Waals surface area (Å²) in [5, 5.41) is 11.3. The van der Waals surface area contributed by atoms with E-state index in [1.165, 1.54) is 0 Å². The van der Waals surface area contributed by atoms with Crippen molar-refractivity contribution in [3.05, 3.63) is 12.7 Å². The molecule has 0 aliphatic carbocycles. The van der Waals surface area contributed by atoms with Crippen molar-refractivity contribution < 1.29 is 14.7 Å². The average molecular weight is 213 g/mol. The summed E-state index contributed by atoms with van der Waals surface area (Å²) in [5.74, 6) is -0.980. The summed E-state index contributed by atoms with van der Waals surface area (Å²) in [6.45, 7) is 5.49. The van der Waals surface area contributed by atoms with Gasteiger partial charge in [-0.3, -0.25) is 9.59 Å². The van der Waals surface area contributed by atoms with E-state index >= 15 is 0 Å². The molecule has 1 atom stereocenters. The zero-order valence-electron chi connectivity index (χ0n) is 9.16. The number of hydrogen-bond acceptors (Lipinski definition) is 2. The predicted molar refractivity (Wildman–Crippen MR) is 58.5 cm³/mol. The van der Waals surface area contributed by atoms with Gasteiger partial charge in [-0.1, -0.05) is 19.4 Å². The molecule has 4 heteroatoms. The van der Waals surface area contributed by atoms with Crippen molar-refractivity contribution in [1.29, 1.82) is 0 Å². The van der Waals surface area contributed by atoms with Crippen molar-refractivity contribution >= 4 is 11.9 Å². The van der Waals surface area contributed by atoms with Crippen molar-refractivity contribution in [2.24, 2.45) is 0 Å². The van der Waals surface area contributed by atoms with Gasteiger partial charge in [-0.15, -0.1) is 6.58 Å². The monoisotopic (exact) mass is 213 g/mol. The fourth-order valence-corrected chi connectivity index (χ4v) is 1.32. The Balaban J connectivity index is 3.97. The average Bonchev–Trinajstić information content (AvgIpc) is 2.14. The number of hydrogen-bond donors (Lipinski definition) is 2. The summed E-state index contributed by atoms with van der Waals surface area (Å²) in [6.07, 6.45) is 4.23. The molecule has 4 nitrogen and oxygen atoms in total. The van der Waals surface area contributed by atoms with Crippen LogP contribution in [0.25, 0.3) is 0 Å². The van der Waals surface area contributed by atoms with Gasteiger partial charge in [0, 0.05) is 12.5 Å². The van der Waals surface area contributed by atoms with Crippen LogP contribution in [-0.4, -0.2) is 23.0 Å². The van der Waals surface area contributed by atoms with E-state index in [4.69, 9.17) is 5.11 Å². The molecule has 0 aliphatic rings. The number of aliphatic carboxylic acids is 1. The van der Waals surface area contributed by atoms with Crippen LogP contribution in [-0.2, 0) is 9.59 Å². The Morgan fingerprint density at radius 1 is 1.53 bits per heavy atom. The SMILES string of the molecule is C=CCCC(=O)NC(CCC)CC(=O)O. The first kappa shape index (κ1) is 13.7. The van der Waals surface area contributed by atoms with Crippen LogP contribution in [0.5, 0.6) is 0 Å². The lowest BCUT2D eigenvalue weighted by atomic mass is 10.1. The van der Waals surface area contributed by atoms with E-state index in [1.807, 2.05) is 6.92 Å². The van der Waals surface area contributed by atoms with Gasteiger partial charge in [0.2, 0.25) is 5.91 Å². The van der Waals surface area contributed by atoms with Crippen molar-refractivity contribution in [2.75, 3.05) is 0 Å². The normalized spacial score (nSPS) is 11.8. The molecular formula is C11H19NO3. The maximum Gasteiger partial charge on any atom is 0.305 e. The Hall–Kier alpha value is -1.32. The van der Waals surface area contributed by atoms with E-state index in [0.29, 0.717) is 19.3 Å². The van der Waals surface area contributed by atoms with Gasteiger partial charge in [-0.05, 0) is 12.8 Å². The number of carboxylic acids is 1. The summed E-state index contributed by atoms with van der Waals surface area (Å²) in [6, 6.07) is -0.246. The highest BCUT2D eigenvalue weighted by atomic mass is 16.4. The van der Waals surface area contributed by atoms with Gasteiger partial charge in [0.1, 0.15) is 0 Å². The summed E-state index contributed by atoms with van der Waals surface area (Å²) in [4.78, 5) is 21.8. The van der Waals surface area contributed by atoms with Gasteiger partial charge >= 0.3 is 5.97 Å². The van der Waals surface area contributed by atoms with Crippen LogP contribution in [0, 0.1) is 0 Å². The summed E-state index contributed by atoms with van der Waals surface area (Å²) < 4.78 is 0. The van der Waals surface area contributed by atoms with E-state index in [1.54, 1.807) is 6.08 Å². The molecule has 0 spiro atoms. The molecule has 0 fully saturated rings. The minimum Gasteiger partial charge on any atom is -0.481 e. The van der Waals surface area contributed by atoms with E-state index in [2.05, 4.69) is 11.9 Å². The Bertz CT molecular complexity index is 226. The van der Waals surface area contributed by atoms with Gasteiger partial charge in [-0.2, -0.15) is 0 Å². The Morgan fingerprint density at radius 2 is 2.20 bits per heavy atom. The highest BCUT2D eigenvalue weighted by molar-refractivity contribution is 5.77. The predicted octanol–water partition coefficient (Wildman–Crippen LogP) is 1.71. The third kappa shape index (κ3) is 7.73. The first-order valence-corrected chi connectivity index (χ1v) is 5.22. The van der Waals surface area contributed by atoms with Crippen LogP contribution in [0.2, 0.25) is 0 Å².